The number of carbonyl (C=O) groups excluding carboxylic acids is 1. The van der Waals surface area contributed by atoms with Crippen LogP contribution in [0.4, 0.5) is 14.5 Å². The lowest BCUT2D eigenvalue weighted by Crippen LogP contribution is -2.42. The summed E-state index contributed by atoms with van der Waals surface area (Å²) in [4.78, 5) is 23.0. The minimum Gasteiger partial charge on any atom is -0.381 e. The van der Waals surface area contributed by atoms with Gasteiger partial charge < -0.3 is 15.5 Å². The van der Waals surface area contributed by atoms with Crippen LogP contribution in [0.3, 0.4) is 0 Å². The Morgan fingerprint density at radius 1 is 1.18 bits per heavy atom. The number of anilines is 1. The summed E-state index contributed by atoms with van der Waals surface area (Å²) in [5.74, 6) is -0.491. The van der Waals surface area contributed by atoms with Crippen LogP contribution in [0.1, 0.15) is 61.6 Å². The van der Waals surface area contributed by atoms with Crippen LogP contribution in [0.5, 0.6) is 0 Å². The average molecular weight is 454 g/mol. The van der Waals surface area contributed by atoms with E-state index in [1.807, 2.05) is 38.2 Å². The Bertz CT molecular complexity index is 1120. The third kappa shape index (κ3) is 6.03. The first kappa shape index (κ1) is 24.1. The van der Waals surface area contributed by atoms with Crippen LogP contribution in [0.2, 0.25) is 0 Å². The van der Waals surface area contributed by atoms with Crippen molar-refractivity contribution in [2.24, 2.45) is 4.99 Å². The lowest BCUT2D eigenvalue weighted by atomic mass is 10.0. The molecule has 1 saturated heterocycles. The third-order valence-electron chi connectivity index (χ3n) is 5.29. The summed E-state index contributed by atoms with van der Waals surface area (Å²) in [6.45, 7) is 8.96. The minimum absolute atomic E-state index is 0.0332. The summed E-state index contributed by atoms with van der Waals surface area (Å²) in [6.07, 6.45) is 1.47. The first-order valence-electron chi connectivity index (χ1n) is 10.7. The largest absolute Gasteiger partial charge is 0.381 e. The van der Waals surface area contributed by atoms with Gasteiger partial charge in [0.05, 0.1) is 23.5 Å². The SMILES string of the molecule is CC(C)=C1C(=N/C=C(\C)NC(C)c2cccc(NC(=O)c3cncc(C(F)F)c3)c2)CN1C. The van der Waals surface area contributed by atoms with Gasteiger partial charge in [-0.15, -0.1) is 0 Å². The highest BCUT2D eigenvalue weighted by atomic mass is 19.3. The number of alkyl halides is 2. The highest BCUT2D eigenvalue weighted by molar-refractivity contribution is 6.07. The molecule has 1 aliphatic heterocycles. The molecule has 1 aromatic heterocycles. The van der Waals surface area contributed by atoms with E-state index in [4.69, 9.17) is 0 Å². The van der Waals surface area contributed by atoms with Crippen LogP contribution in [0.25, 0.3) is 0 Å². The molecular weight excluding hydrogens is 424 g/mol. The lowest BCUT2D eigenvalue weighted by Gasteiger charge is -2.35. The van der Waals surface area contributed by atoms with Crippen molar-refractivity contribution in [3.05, 3.63) is 82.6 Å². The second-order valence-corrected chi connectivity index (χ2v) is 8.35. The van der Waals surface area contributed by atoms with Crippen LogP contribution < -0.4 is 10.6 Å². The molecule has 2 aromatic rings. The number of likely N-dealkylation sites (tertiary alicyclic amines) is 1. The number of hydrogen-bond acceptors (Lipinski definition) is 5. The predicted molar refractivity (Wildman–Crippen MR) is 127 cm³/mol. The molecule has 33 heavy (non-hydrogen) atoms. The van der Waals surface area contributed by atoms with Crippen LogP contribution in [-0.2, 0) is 0 Å². The molecule has 1 aromatic carbocycles. The number of halogens is 2. The molecule has 0 bridgehead atoms. The fourth-order valence-corrected chi connectivity index (χ4v) is 3.71. The highest BCUT2D eigenvalue weighted by Crippen LogP contribution is 2.23. The molecule has 0 aliphatic carbocycles. The van der Waals surface area contributed by atoms with E-state index in [2.05, 4.69) is 46.4 Å². The van der Waals surface area contributed by atoms with Gasteiger partial charge in [-0.05, 0) is 51.5 Å². The third-order valence-corrected chi connectivity index (χ3v) is 5.29. The molecule has 0 spiro atoms. The van der Waals surface area contributed by atoms with Crippen molar-refractivity contribution in [2.45, 2.75) is 40.2 Å². The smallest absolute Gasteiger partial charge is 0.265 e. The number of carbonyl (C=O) groups is 1. The Balaban J connectivity index is 1.66. The number of nitrogens with zero attached hydrogens (tertiary/aromatic N) is 3. The van der Waals surface area contributed by atoms with E-state index in [0.717, 1.165) is 35.8 Å². The molecule has 1 amide bonds. The van der Waals surface area contributed by atoms with E-state index < -0.39 is 12.3 Å². The zero-order valence-electron chi connectivity index (χ0n) is 19.5. The minimum atomic E-state index is -2.68. The maximum absolute atomic E-state index is 12.9. The number of aliphatic imine (C=N–C) groups is 1. The van der Waals surface area contributed by atoms with Gasteiger partial charge >= 0.3 is 0 Å². The normalized spacial score (nSPS) is 16.0. The Kier molecular flexibility index (Phi) is 7.58. The van der Waals surface area contributed by atoms with Crippen LogP contribution in [0.15, 0.2) is 70.9 Å². The van der Waals surface area contributed by atoms with E-state index in [1.165, 1.54) is 17.5 Å². The van der Waals surface area contributed by atoms with Gasteiger partial charge in [0.2, 0.25) is 0 Å². The van der Waals surface area contributed by atoms with Gasteiger partial charge in [-0.3, -0.25) is 14.8 Å². The van der Waals surface area contributed by atoms with Crippen LogP contribution >= 0.6 is 0 Å². The van der Waals surface area contributed by atoms with E-state index in [1.54, 1.807) is 6.07 Å². The van der Waals surface area contributed by atoms with Gasteiger partial charge in [-0.25, -0.2) is 8.78 Å². The fourth-order valence-electron chi connectivity index (χ4n) is 3.71. The highest BCUT2D eigenvalue weighted by Gasteiger charge is 2.24. The predicted octanol–water partition coefficient (Wildman–Crippen LogP) is 5.46. The lowest BCUT2D eigenvalue weighted by molar-refractivity contribution is 0.102. The molecule has 0 saturated carbocycles. The molecule has 2 N–H and O–H groups in total. The second-order valence-electron chi connectivity index (χ2n) is 8.35. The average Bonchev–Trinajstić information content (AvgIpc) is 2.76. The number of aromatic nitrogens is 1. The van der Waals surface area contributed by atoms with Gasteiger partial charge in [-0.2, -0.15) is 0 Å². The first-order chi connectivity index (χ1) is 15.7. The standard InChI is InChI=1S/C25H29F2N5O/c1-15(2)23-22(14-32(23)5)29-11-16(3)30-17(4)18-7-6-8-21(10-18)31-25(33)20-9-19(24(26)27)12-28-13-20/h6-13,17,24,30H,14H2,1-5H3,(H,31,33)/b16-11+,29-22?. The topological polar surface area (TPSA) is 69.6 Å². The maximum Gasteiger partial charge on any atom is 0.265 e. The maximum atomic E-state index is 12.9. The number of nitrogens with one attached hydrogen (secondary N) is 2. The summed E-state index contributed by atoms with van der Waals surface area (Å²) >= 11 is 0. The van der Waals surface area contributed by atoms with Crippen molar-refractivity contribution < 1.29 is 13.6 Å². The second kappa shape index (κ2) is 10.4. The van der Waals surface area contributed by atoms with E-state index in [0.29, 0.717) is 5.69 Å². The van der Waals surface area contributed by atoms with Gasteiger partial charge in [0.15, 0.2) is 0 Å². The van der Waals surface area contributed by atoms with Crippen molar-refractivity contribution >= 4 is 17.3 Å². The monoisotopic (exact) mass is 453 g/mol. The summed E-state index contributed by atoms with van der Waals surface area (Å²) in [6, 6.07) is 8.50. The molecule has 1 unspecified atom stereocenters. The molecule has 0 radical (unpaired) electrons. The molecule has 2 heterocycles. The van der Waals surface area contributed by atoms with E-state index >= 15 is 0 Å². The number of amides is 1. The number of allylic oxidation sites excluding steroid dienone is 2. The fraction of sp³-hybridized carbons (Fsp3) is 0.320. The number of pyridine rings is 1. The van der Waals surface area contributed by atoms with Crippen molar-refractivity contribution in [3.63, 3.8) is 0 Å². The Morgan fingerprint density at radius 2 is 1.94 bits per heavy atom. The Hall–Kier alpha value is -3.55. The number of hydrogen-bond donors (Lipinski definition) is 2. The van der Waals surface area contributed by atoms with Crippen molar-refractivity contribution in [3.8, 4) is 0 Å². The molecule has 1 fully saturated rings. The van der Waals surface area contributed by atoms with E-state index in [-0.39, 0.29) is 17.2 Å². The molecule has 6 nitrogen and oxygen atoms in total. The summed E-state index contributed by atoms with van der Waals surface area (Å²) in [5.41, 5.74) is 5.74. The summed E-state index contributed by atoms with van der Waals surface area (Å²) in [5, 5.41) is 6.16. The molecular formula is C25H29F2N5O. The molecule has 174 valence electrons. The van der Waals surface area contributed by atoms with Gasteiger partial charge in [0.1, 0.15) is 0 Å². The molecule has 1 atom stereocenters. The first-order valence-corrected chi connectivity index (χ1v) is 10.7. The van der Waals surface area contributed by atoms with Crippen molar-refractivity contribution in [2.75, 3.05) is 18.9 Å². The van der Waals surface area contributed by atoms with Gasteiger partial charge in [-0.1, -0.05) is 17.7 Å². The number of rotatable bonds is 7. The summed E-state index contributed by atoms with van der Waals surface area (Å²) in [7, 11) is 2.05. The van der Waals surface area contributed by atoms with Gasteiger partial charge in [0.25, 0.3) is 12.3 Å². The molecule has 8 heteroatoms. The molecule has 3 rings (SSSR count). The zero-order chi connectivity index (χ0) is 24.1. The van der Waals surface area contributed by atoms with Gasteiger partial charge in [0, 0.05) is 48.6 Å². The van der Waals surface area contributed by atoms with Crippen molar-refractivity contribution in [1.82, 2.24) is 15.2 Å². The van der Waals surface area contributed by atoms with Crippen molar-refractivity contribution in [1.29, 1.82) is 0 Å². The Labute approximate surface area is 193 Å². The van der Waals surface area contributed by atoms with Crippen LogP contribution in [0, 0.1) is 0 Å². The van der Waals surface area contributed by atoms with Crippen LogP contribution in [-0.4, -0.2) is 35.1 Å². The molecule has 1 aliphatic rings. The number of benzene rings is 1. The Morgan fingerprint density at radius 3 is 2.61 bits per heavy atom. The summed E-state index contributed by atoms with van der Waals surface area (Å²) < 4.78 is 25.8. The quantitative estimate of drug-likeness (QED) is 0.584. The van der Waals surface area contributed by atoms with E-state index in [9.17, 15) is 13.6 Å². The zero-order valence-corrected chi connectivity index (χ0v) is 19.5.